The second kappa shape index (κ2) is 4.03. The van der Waals surface area contributed by atoms with E-state index < -0.39 is 0 Å². The zero-order chi connectivity index (χ0) is 10.8. The van der Waals surface area contributed by atoms with Crippen LogP contribution in [-0.2, 0) is 6.54 Å². The summed E-state index contributed by atoms with van der Waals surface area (Å²) < 4.78 is 2.01. The van der Waals surface area contributed by atoms with E-state index in [4.69, 9.17) is 0 Å². The molecule has 0 aliphatic rings. The SMILES string of the molecule is CNCc1ccc2nn(C(C)C)cc2c1. The van der Waals surface area contributed by atoms with Gasteiger partial charge in [-0.3, -0.25) is 4.68 Å². The molecule has 0 aliphatic heterocycles. The first-order valence-electron chi connectivity index (χ1n) is 5.33. The maximum atomic E-state index is 4.51. The standard InChI is InChI=1S/C12H17N3/c1-9(2)15-8-11-6-10(7-13-3)4-5-12(11)14-15/h4-6,8-9,13H,7H2,1-3H3. The number of benzene rings is 1. The highest BCUT2D eigenvalue weighted by Gasteiger charge is 2.03. The van der Waals surface area contributed by atoms with Crippen molar-refractivity contribution in [2.24, 2.45) is 0 Å². The number of rotatable bonds is 3. The lowest BCUT2D eigenvalue weighted by molar-refractivity contribution is 0.537. The number of nitrogens with zero attached hydrogens (tertiary/aromatic N) is 2. The monoisotopic (exact) mass is 203 g/mol. The number of nitrogens with one attached hydrogen (secondary N) is 1. The van der Waals surface area contributed by atoms with Gasteiger partial charge in [0.1, 0.15) is 0 Å². The molecular formula is C12H17N3. The van der Waals surface area contributed by atoms with E-state index in [1.165, 1.54) is 10.9 Å². The van der Waals surface area contributed by atoms with Gasteiger partial charge in [0.25, 0.3) is 0 Å². The van der Waals surface area contributed by atoms with Gasteiger partial charge >= 0.3 is 0 Å². The fraction of sp³-hybridized carbons (Fsp3) is 0.417. The van der Waals surface area contributed by atoms with Crippen molar-refractivity contribution in [3.8, 4) is 0 Å². The molecule has 0 amide bonds. The van der Waals surface area contributed by atoms with E-state index in [0.29, 0.717) is 6.04 Å². The first kappa shape index (κ1) is 10.2. The molecule has 0 saturated carbocycles. The van der Waals surface area contributed by atoms with Crippen LogP contribution in [0.3, 0.4) is 0 Å². The summed E-state index contributed by atoms with van der Waals surface area (Å²) in [6.07, 6.45) is 2.11. The van der Waals surface area contributed by atoms with Crippen molar-refractivity contribution < 1.29 is 0 Å². The third kappa shape index (κ3) is 2.02. The average Bonchev–Trinajstić information content (AvgIpc) is 2.61. The topological polar surface area (TPSA) is 29.9 Å². The highest BCUT2D eigenvalue weighted by atomic mass is 15.3. The van der Waals surface area contributed by atoms with E-state index in [-0.39, 0.29) is 0 Å². The van der Waals surface area contributed by atoms with Crippen LogP contribution in [0.5, 0.6) is 0 Å². The molecule has 1 heterocycles. The molecule has 0 spiro atoms. The Bertz CT molecular complexity index is 457. The summed E-state index contributed by atoms with van der Waals surface area (Å²) >= 11 is 0. The Labute approximate surface area is 90.1 Å². The van der Waals surface area contributed by atoms with Gasteiger partial charge in [-0.1, -0.05) is 6.07 Å². The number of aromatic nitrogens is 2. The number of hydrogen-bond donors (Lipinski definition) is 1. The van der Waals surface area contributed by atoms with E-state index in [1.54, 1.807) is 0 Å². The van der Waals surface area contributed by atoms with E-state index in [0.717, 1.165) is 12.1 Å². The van der Waals surface area contributed by atoms with Crippen LogP contribution in [0.15, 0.2) is 24.4 Å². The van der Waals surface area contributed by atoms with Crippen molar-refractivity contribution in [2.75, 3.05) is 7.05 Å². The van der Waals surface area contributed by atoms with Crippen LogP contribution in [0.4, 0.5) is 0 Å². The lowest BCUT2D eigenvalue weighted by atomic mass is 10.1. The third-order valence-corrected chi connectivity index (χ3v) is 2.50. The van der Waals surface area contributed by atoms with Crippen molar-refractivity contribution >= 4 is 10.9 Å². The lowest BCUT2D eigenvalue weighted by Crippen LogP contribution is -2.04. The molecule has 1 aromatic heterocycles. The minimum Gasteiger partial charge on any atom is -0.316 e. The predicted molar refractivity (Wildman–Crippen MR) is 62.9 cm³/mol. The van der Waals surface area contributed by atoms with Gasteiger partial charge in [-0.15, -0.1) is 0 Å². The van der Waals surface area contributed by atoms with Crippen molar-refractivity contribution in [2.45, 2.75) is 26.4 Å². The van der Waals surface area contributed by atoms with E-state index >= 15 is 0 Å². The molecule has 1 aromatic carbocycles. The smallest absolute Gasteiger partial charge is 0.0923 e. The molecule has 0 atom stereocenters. The first-order valence-corrected chi connectivity index (χ1v) is 5.33. The molecule has 1 N–H and O–H groups in total. The zero-order valence-electron chi connectivity index (χ0n) is 9.49. The van der Waals surface area contributed by atoms with Crippen molar-refractivity contribution in [1.29, 1.82) is 0 Å². The molecule has 0 unspecified atom stereocenters. The van der Waals surface area contributed by atoms with Crippen LogP contribution in [-0.4, -0.2) is 16.8 Å². The molecule has 0 fully saturated rings. The molecule has 3 heteroatoms. The highest BCUT2D eigenvalue weighted by Crippen LogP contribution is 2.16. The van der Waals surface area contributed by atoms with Crippen LogP contribution >= 0.6 is 0 Å². The second-order valence-corrected chi connectivity index (χ2v) is 4.13. The zero-order valence-corrected chi connectivity index (χ0v) is 9.49. The molecule has 2 aromatic rings. The highest BCUT2D eigenvalue weighted by molar-refractivity contribution is 5.78. The van der Waals surface area contributed by atoms with Crippen LogP contribution in [0.1, 0.15) is 25.5 Å². The fourth-order valence-electron chi connectivity index (χ4n) is 1.67. The van der Waals surface area contributed by atoms with Gasteiger partial charge in [-0.25, -0.2) is 0 Å². The Hall–Kier alpha value is -1.35. The summed E-state index contributed by atoms with van der Waals surface area (Å²) in [6, 6.07) is 6.82. The van der Waals surface area contributed by atoms with Crippen molar-refractivity contribution in [1.82, 2.24) is 15.1 Å². The molecule has 80 valence electrons. The Balaban J connectivity index is 2.43. The van der Waals surface area contributed by atoms with E-state index in [9.17, 15) is 0 Å². The summed E-state index contributed by atoms with van der Waals surface area (Å²) in [6.45, 7) is 5.18. The van der Waals surface area contributed by atoms with Gasteiger partial charge < -0.3 is 5.32 Å². The Kier molecular flexibility index (Phi) is 2.73. The maximum Gasteiger partial charge on any atom is 0.0923 e. The number of hydrogen-bond acceptors (Lipinski definition) is 2. The second-order valence-electron chi connectivity index (χ2n) is 4.13. The Morgan fingerprint density at radius 3 is 2.87 bits per heavy atom. The quantitative estimate of drug-likeness (QED) is 0.829. The van der Waals surface area contributed by atoms with Gasteiger partial charge in [0.2, 0.25) is 0 Å². The molecule has 2 rings (SSSR count). The Morgan fingerprint density at radius 2 is 2.20 bits per heavy atom. The minimum atomic E-state index is 0.421. The van der Waals surface area contributed by atoms with Gasteiger partial charge in [0, 0.05) is 24.2 Å². The van der Waals surface area contributed by atoms with Crippen LogP contribution in [0, 0.1) is 0 Å². The van der Waals surface area contributed by atoms with Gasteiger partial charge in [-0.05, 0) is 38.6 Å². The lowest BCUT2D eigenvalue weighted by Gasteiger charge is -2.02. The average molecular weight is 203 g/mol. The van der Waals surface area contributed by atoms with Crippen LogP contribution < -0.4 is 5.32 Å². The molecule has 15 heavy (non-hydrogen) atoms. The predicted octanol–water partition coefficient (Wildman–Crippen LogP) is 2.34. The summed E-state index contributed by atoms with van der Waals surface area (Å²) in [5.74, 6) is 0. The van der Waals surface area contributed by atoms with Gasteiger partial charge in [0.15, 0.2) is 0 Å². The molecule has 3 nitrogen and oxygen atoms in total. The summed E-state index contributed by atoms with van der Waals surface area (Å²) in [5, 5.41) is 8.88. The molecule has 0 aliphatic carbocycles. The van der Waals surface area contributed by atoms with Gasteiger partial charge in [0.05, 0.1) is 5.52 Å². The van der Waals surface area contributed by atoms with E-state index in [2.05, 4.69) is 48.7 Å². The van der Waals surface area contributed by atoms with Gasteiger partial charge in [-0.2, -0.15) is 5.10 Å². The van der Waals surface area contributed by atoms with Crippen molar-refractivity contribution in [3.63, 3.8) is 0 Å². The Morgan fingerprint density at radius 1 is 1.40 bits per heavy atom. The summed E-state index contributed by atoms with van der Waals surface area (Å²) in [4.78, 5) is 0. The third-order valence-electron chi connectivity index (χ3n) is 2.50. The largest absolute Gasteiger partial charge is 0.316 e. The maximum absolute atomic E-state index is 4.51. The van der Waals surface area contributed by atoms with Crippen LogP contribution in [0.2, 0.25) is 0 Å². The fourth-order valence-corrected chi connectivity index (χ4v) is 1.67. The normalized spacial score (nSPS) is 11.5. The molecular weight excluding hydrogens is 186 g/mol. The molecule has 0 bridgehead atoms. The number of fused-ring (bicyclic) bond motifs is 1. The first-order chi connectivity index (χ1) is 7.20. The van der Waals surface area contributed by atoms with Crippen LogP contribution in [0.25, 0.3) is 10.9 Å². The van der Waals surface area contributed by atoms with E-state index in [1.807, 2.05) is 11.7 Å². The molecule has 0 radical (unpaired) electrons. The van der Waals surface area contributed by atoms with Crippen molar-refractivity contribution in [3.05, 3.63) is 30.0 Å². The minimum absolute atomic E-state index is 0.421. The summed E-state index contributed by atoms with van der Waals surface area (Å²) in [7, 11) is 1.96. The molecule has 0 saturated heterocycles. The summed E-state index contributed by atoms with van der Waals surface area (Å²) in [5.41, 5.74) is 2.37.